The molecule has 4 rings (SSSR count). The summed E-state index contributed by atoms with van der Waals surface area (Å²) in [6, 6.07) is 3.42. The Hall–Kier alpha value is -3.81. The number of nitrogens with zero attached hydrogens (tertiary/aromatic N) is 7. The summed E-state index contributed by atoms with van der Waals surface area (Å²) in [5.74, 6) is -1.16. The van der Waals surface area contributed by atoms with Crippen molar-refractivity contribution in [2.75, 3.05) is 26.2 Å². The Labute approximate surface area is 184 Å². The molecule has 0 aliphatic carbocycles. The molecule has 0 saturated carbocycles. The number of carboxylic acids is 1. The van der Waals surface area contributed by atoms with E-state index in [2.05, 4.69) is 25.7 Å². The number of benzene rings is 1. The molecule has 2 aromatic heterocycles. The number of aromatic amines is 1. The second-order valence-electron chi connectivity index (χ2n) is 7.56. The van der Waals surface area contributed by atoms with Gasteiger partial charge in [0.2, 0.25) is 5.82 Å². The fourth-order valence-corrected chi connectivity index (χ4v) is 3.65. The van der Waals surface area contributed by atoms with Crippen molar-refractivity contribution in [3.8, 4) is 11.4 Å². The molecule has 14 heteroatoms. The summed E-state index contributed by atoms with van der Waals surface area (Å²) in [6.07, 6.45) is -3.22. The predicted molar refractivity (Wildman–Crippen MR) is 106 cm³/mol. The maximum atomic E-state index is 13.7. The fourth-order valence-electron chi connectivity index (χ4n) is 3.65. The van der Waals surface area contributed by atoms with E-state index in [1.807, 2.05) is 4.90 Å². The molecule has 0 unspecified atom stereocenters. The standard InChI is InChI=1S/C19H19F3N8O3/c1-11-9-30(25-15(11)17(31)32)18(33)29-6-4-28(5-7-29)10-13-3-2-12(16-23-26-27-24-16)8-14(13)19(20,21)22/h2-3,8-9H,4-7,10H2,1H3,(H,31,32)(H,23,24,26,27). The molecule has 0 radical (unpaired) electrons. The van der Waals surface area contributed by atoms with E-state index in [0.29, 0.717) is 18.7 Å². The zero-order chi connectivity index (χ0) is 23.8. The number of carbonyl (C=O) groups is 2. The monoisotopic (exact) mass is 464 g/mol. The number of hydrogen-bond donors (Lipinski definition) is 2. The number of amides is 1. The van der Waals surface area contributed by atoms with Gasteiger partial charge in [0.05, 0.1) is 5.56 Å². The third kappa shape index (κ3) is 4.69. The molecular weight excluding hydrogens is 445 g/mol. The van der Waals surface area contributed by atoms with Crippen LogP contribution in [0, 0.1) is 6.92 Å². The van der Waals surface area contributed by atoms with Crippen LogP contribution in [-0.2, 0) is 12.7 Å². The van der Waals surface area contributed by atoms with E-state index in [1.165, 1.54) is 23.2 Å². The van der Waals surface area contributed by atoms with Gasteiger partial charge in [-0.1, -0.05) is 12.1 Å². The van der Waals surface area contributed by atoms with E-state index >= 15 is 0 Å². The van der Waals surface area contributed by atoms with Gasteiger partial charge in [0.15, 0.2) is 5.69 Å². The van der Waals surface area contributed by atoms with Crippen molar-refractivity contribution >= 4 is 12.0 Å². The molecule has 1 fully saturated rings. The van der Waals surface area contributed by atoms with Gasteiger partial charge >= 0.3 is 18.2 Å². The van der Waals surface area contributed by atoms with Gasteiger partial charge in [-0.15, -0.1) is 10.2 Å². The van der Waals surface area contributed by atoms with Crippen LogP contribution in [0.1, 0.15) is 27.2 Å². The number of aromatic nitrogens is 6. The highest BCUT2D eigenvalue weighted by Gasteiger charge is 2.35. The lowest BCUT2D eigenvalue weighted by Gasteiger charge is -2.34. The summed E-state index contributed by atoms with van der Waals surface area (Å²) in [5.41, 5.74) is -0.324. The Morgan fingerprint density at radius 1 is 1.18 bits per heavy atom. The van der Waals surface area contributed by atoms with Gasteiger partial charge in [0.1, 0.15) is 0 Å². The van der Waals surface area contributed by atoms with Crippen LogP contribution in [0.2, 0.25) is 0 Å². The Balaban J connectivity index is 1.44. The predicted octanol–water partition coefficient (Wildman–Crippen LogP) is 1.87. The molecule has 0 spiro atoms. The third-order valence-electron chi connectivity index (χ3n) is 5.35. The Kier molecular flexibility index (Phi) is 5.84. The van der Waals surface area contributed by atoms with Crippen LogP contribution < -0.4 is 0 Å². The van der Waals surface area contributed by atoms with Crippen LogP contribution in [-0.4, -0.2) is 83.5 Å². The van der Waals surface area contributed by atoms with Crippen LogP contribution in [0.3, 0.4) is 0 Å². The molecule has 2 N–H and O–H groups in total. The number of carboxylic acid groups (broad SMARTS) is 1. The van der Waals surface area contributed by atoms with Gasteiger partial charge in [-0.2, -0.15) is 28.2 Å². The van der Waals surface area contributed by atoms with Crippen molar-refractivity contribution < 1.29 is 27.9 Å². The number of H-pyrrole nitrogens is 1. The largest absolute Gasteiger partial charge is 0.476 e. The second kappa shape index (κ2) is 8.61. The van der Waals surface area contributed by atoms with Crippen LogP contribution in [0.4, 0.5) is 18.0 Å². The number of nitrogens with one attached hydrogen (secondary N) is 1. The molecule has 33 heavy (non-hydrogen) atoms. The van der Waals surface area contributed by atoms with Gasteiger partial charge in [-0.3, -0.25) is 4.90 Å². The topological polar surface area (TPSA) is 133 Å². The van der Waals surface area contributed by atoms with Crippen molar-refractivity contribution in [2.45, 2.75) is 19.6 Å². The number of tetrazole rings is 1. The number of alkyl halides is 3. The highest BCUT2D eigenvalue weighted by molar-refractivity contribution is 5.88. The minimum absolute atomic E-state index is 0.0490. The van der Waals surface area contributed by atoms with Crippen LogP contribution in [0.25, 0.3) is 11.4 Å². The van der Waals surface area contributed by atoms with Gasteiger partial charge in [-0.25, -0.2) is 9.59 Å². The molecule has 0 atom stereocenters. The zero-order valence-electron chi connectivity index (χ0n) is 17.4. The van der Waals surface area contributed by atoms with Crippen molar-refractivity contribution in [2.24, 2.45) is 0 Å². The van der Waals surface area contributed by atoms with Gasteiger partial charge in [-0.05, 0) is 23.8 Å². The summed E-state index contributed by atoms with van der Waals surface area (Å²) >= 11 is 0. The van der Waals surface area contributed by atoms with Crippen LogP contribution in [0.5, 0.6) is 0 Å². The average Bonchev–Trinajstić information content (AvgIpc) is 3.43. The molecule has 11 nitrogen and oxygen atoms in total. The Bertz CT molecular complexity index is 1170. The lowest BCUT2D eigenvalue weighted by Crippen LogP contribution is -2.49. The number of rotatable bonds is 4. The van der Waals surface area contributed by atoms with E-state index in [4.69, 9.17) is 5.11 Å². The summed E-state index contributed by atoms with van der Waals surface area (Å²) in [7, 11) is 0. The minimum Gasteiger partial charge on any atom is -0.476 e. The molecule has 1 aromatic carbocycles. The first-order chi connectivity index (χ1) is 15.6. The van der Waals surface area contributed by atoms with Crippen LogP contribution >= 0.6 is 0 Å². The highest BCUT2D eigenvalue weighted by Crippen LogP contribution is 2.35. The summed E-state index contributed by atoms with van der Waals surface area (Å²) in [5, 5.41) is 25.9. The molecule has 1 aliphatic heterocycles. The Morgan fingerprint density at radius 3 is 2.48 bits per heavy atom. The zero-order valence-corrected chi connectivity index (χ0v) is 17.4. The summed E-state index contributed by atoms with van der Waals surface area (Å²) in [6.45, 7) is 2.82. The van der Waals surface area contributed by atoms with E-state index < -0.39 is 23.7 Å². The number of hydrogen-bond acceptors (Lipinski definition) is 7. The first-order valence-corrected chi connectivity index (χ1v) is 9.88. The first-order valence-electron chi connectivity index (χ1n) is 9.88. The van der Waals surface area contributed by atoms with E-state index in [9.17, 15) is 22.8 Å². The van der Waals surface area contributed by atoms with E-state index in [0.717, 1.165) is 10.7 Å². The van der Waals surface area contributed by atoms with Crippen molar-refractivity contribution in [3.63, 3.8) is 0 Å². The van der Waals surface area contributed by atoms with Crippen molar-refractivity contribution in [1.82, 2.24) is 40.2 Å². The second-order valence-corrected chi connectivity index (χ2v) is 7.56. The number of halogens is 3. The number of carbonyl (C=O) groups excluding carboxylic acids is 1. The van der Waals surface area contributed by atoms with Crippen LogP contribution in [0.15, 0.2) is 24.4 Å². The van der Waals surface area contributed by atoms with Gasteiger partial charge in [0.25, 0.3) is 0 Å². The average molecular weight is 464 g/mol. The quantitative estimate of drug-likeness (QED) is 0.598. The van der Waals surface area contributed by atoms with Gasteiger partial charge < -0.3 is 10.0 Å². The molecule has 3 heterocycles. The van der Waals surface area contributed by atoms with Gasteiger partial charge in [0, 0.05) is 50.0 Å². The lowest BCUT2D eigenvalue weighted by atomic mass is 10.0. The van der Waals surface area contributed by atoms with E-state index in [-0.39, 0.29) is 42.3 Å². The molecular formula is C19H19F3N8O3. The normalized spacial score (nSPS) is 15.1. The SMILES string of the molecule is Cc1cn(C(=O)N2CCN(Cc3ccc(-c4nn[nH]n4)cc3C(F)(F)F)CC2)nc1C(=O)O. The van der Waals surface area contributed by atoms with Crippen molar-refractivity contribution in [1.29, 1.82) is 0 Å². The maximum absolute atomic E-state index is 13.7. The molecule has 1 saturated heterocycles. The molecule has 3 aromatic rings. The number of aryl methyl sites for hydroxylation is 1. The number of aromatic carboxylic acids is 1. The molecule has 174 valence electrons. The lowest BCUT2D eigenvalue weighted by molar-refractivity contribution is -0.138. The summed E-state index contributed by atoms with van der Waals surface area (Å²) < 4.78 is 42.0. The smallest absolute Gasteiger partial charge is 0.416 e. The molecule has 0 bridgehead atoms. The molecule has 1 aliphatic rings. The maximum Gasteiger partial charge on any atom is 0.416 e. The van der Waals surface area contributed by atoms with Crippen molar-refractivity contribution in [3.05, 3.63) is 46.8 Å². The first kappa shape index (κ1) is 22.4. The molecule has 1 amide bonds. The third-order valence-corrected chi connectivity index (χ3v) is 5.35. The fraction of sp³-hybridized carbons (Fsp3) is 0.368. The number of piperazine rings is 1. The summed E-state index contributed by atoms with van der Waals surface area (Å²) in [4.78, 5) is 27.1. The highest BCUT2D eigenvalue weighted by atomic mass is 19.4. The minimum atomic E-state index is -4.56. The Morgan fingerprint density at radius 2 is 1.91 bits per heavy atom. The van der Waals surface area contributed by atoms with E-state index in [1.54, 1.807) is 6.92 Å².